The van der Waals surface area contributed by atoms with E-state index in [0.717, 1.165) is 10.9 Å². The molecule has 0 aromatic heterocycles. The van der Waals surface area contributed by atoms with Gasteiger partial charge in [0.1, 0.15) is 0 Å². The first-order valence-corrected chi connectivity index (χ1v) is 10.1. The molecule has 0 atom stereocenters. The highest BCUT2D eigenvalue weighted by atomic mass is 16.2. The molecule has 2 fully saturated rings. The predicted molar refractivity (Wildman–Crippen MR) is 104 cm³/mol. The molecule has 0 spiro atoms. The predicted octanol–water partition coefficient (Wildman–Crippen LogP) is 5.95. The molecule has 2 aromatic carbocycles. The lowest BCUT2D eigenvalue weighted by Crippen LogP contribution is -2.48. The maximum Gasteiger partial charge on any atom is 0.254 e. The Morgan fingerprint density at radius 3 is 1.92 bits per heavy atom. The van der Waals surface area contributed by atoms with Crippen molar-refractivity contribution in [2.24, 2.45) is 0 Å². The van der Waals surface area contributed by atoms with Crippen molar-refractivity contribution in [3.05, 3.63) is 48.0 Å². The molecular formula is C23H29NO. The van der Waals surface area contributed by atoms with Crippen molar-refractivity contribution in [3.8, 4) is 0 Å². The minimum absolute atomic E-state index is 0.274. The maximum absolute atomic E-state index is 13.7. The van der Waals surface area contributed by atoms with Crippen LogP contribution in [-0.2, 0) is 0 Å². The average Bonchev–Trinajstić information content (AvgIpc) is 2.69. The van der Waals surface area contributed by atoms with E-state index in [1.54, 1.807) is 0 Å². The van der Waals surface area contributed by atoms with Crippen LogP contribution in [0.15, 0.2) is 42.5 Å². The summed E-state index contributed by atoms with van der Waals surface area (Å²) in [5, 5.41) is 2.27. The lowest BCUT2D eigenvalue weighted by atomic mass is 9.87. The molecular weight excluding hydrogens is 306 g/mol. The van der Waals surface area contributed by atoms with E-state index in [0.29, 0.717) is 12.1 Å². The summed E-state index contributed by atoms with van der Waals surface area (Å²) in [6.45, 7) is 0. The Bertz CT molecular complexity index is 702. The summed E-state index contributed by atoms with van der Waals surface area (Å²) in [4.78, 5) is 16.0. The summed E-state index contributed by atoms with van der Waals surface area (Å²) < 4.78 is 0. The summed E-state index contributed by atoms with van der Waals surface area (Å²) in [5.74, 6) is 0.274. The second kappa shape index (κ2) is 7.59. The van der Waals surface area contributed by atoms with E-state index in [-0.39, 0.29) is 5.91 Å². The van der Waals surface area contributed by atoms with Crippen LogP contribution in [0.5, 0.6) is 0 Å². The van der Waals surface area contributed by atoms with Crippen molar-refractivity contribution in [1.29, 1.82) is 0 Å². The van der Waals surface area contributed by atoms with Crippen molar-refractivity contribution in [1.82, 2.24) is 4.90 Å². The summed E-state index contributed by atoms with van der Waals surface area (Å²) in [5.41, 5.74) is 0.897. The summed E-state index contributed by atoms with van der Waals surface area (Å²) in [6.07, 6.45) is 12.5. The van der Waals surface area contributed by atoms with Gasteiger partial charge in [-0.15, -0.1) is 0 Å². The van der Waals surface area contributed by atoms with Crippen molar-refractivity contribution < 1.29 is 4.79 Å². The zero-order valence-corrected chi connectivity index (χ0v) is 15.1. The Kier molecular flexibility index (Phi) is 5.05. The number of hydrogen-bond donors (Lipinski definition) is 0. The molecule has 0 aliphatic heterocycles. The second-order valence-corrected chi connectivity index (χ2v) is 7.82. The van der Waals surface area contributed by atoms with Crippen molar-refractivity contribution in [3.63, 3.8) is 0 Å². The quantitative estimate of drug-likeness (QED) is 0.679. The fourth-order valence-electron chi connectivity index (χ4n) is 4.90. The maximum atomic E-state index is 13.7. The Morgan fingerprint density at radius 1 is 0.720 bits per heavy atom. The number of carbonyl (C=O) groups excluding carboxylic acids is 1. The molecule has 0 radical (unpaired) electrons. The molecule has 2 aromatic rings. The van der Waals surface area contributed by atoms with Crippen LogP contribution < -0.4 is 0 Å². The minimum Gasteiger partial charge on any atom is -0.333 e. The first kappa shape index (κ1) is 16.6. The molecule has 4 rings (SSSR count). The zero-order chi connectivity index (χ0) is 17.1. The molecule has 25 heavy (non-hydrogen) atoms. The van der Waals surface area contributed by atoms with Gasteiger partial charge >= 0.3 is 0 Å². The van der Waals surface area contributed by atoms with Crippen LogP contribution in [-0.4, -0.2) is 22.9 Å². The minimum atomic E-state index is 0.274. The van der Waals surface area contributed by atoms with Gasteiger partial charge in [0.05, 0.1) is 0 Å². The highest BCUT2D eigenvalue weighted by Crippen LogP contribution is 2.32. The number of carbonyl (C=O) groups is 1. The molecule has 2 nitrogen and oxygen atoms in total. The Labute approximate surface area is 151 Å². The van der Waals surface area contributed by atoms with E-state index in [4.69, 9.17) is 0 Å². The van der Waals surface area contributed by atoms with Crippen LogP contribution in [0.25, 0.3) is 10.8 Å². The SMILES string of the molecule is O=C(c1cccc2ccccc12)N(C1CCCCC1)C1CCCCC1. The van der Waals surface area contributed by atoms with Gasteiger partial charge in [0.15, 0.2) is 0 Å². The normalized spacial score (nSPS) is 19.8. The van der Waals surface area contributed by atoms with E-state index in [1.165, 1.54) is 69.6 Å². The van der Waals surface area contributed by atoms with Crippen LogP contribution in [0.2, 0.25) is 0 Å². The molecule has 2 heteroatoms. The van der Waals surface area contributed by atoms with E-state index >= 15 is 0 Å². The largest absolute Gasteiger partial charge is 0.333 e. The third-order valence-corrected chi connectivity index (χ3v) is 6.19. The second-order valence-electron chi connectivity index (χ2n) is 7.82. The van der Waals surface area contributed by atoms with Gasteiger partial charge in [-0.3, -0.25) is 4.79 Å². The smallest absolute Gasteiger partial charge is 0.254 e. The van der Waals surface area contributed by atoms with Gasteiger partial charge in [-0.25, -0.2) is 0 Å². The van der Waals surface area contributed by atoms with Gasteiger partial charge in [0, 0.05) is 17.6 Å². The van der Waals surface area contributed by atoms with Gasteiger partial charge in [-0.2, -0.15) is 0 Å². The van der Waals surface area contributed by atoms with Crippen molar-refractivity contribution in [2.75, 3.05) is 0 Å². The Balaban J connectivity index is 1.70. The lowest BCUT2D eigenvalue weighted by Gasteiger charge is -2.42. The molecule has 2 saturated carbocycles. The highest BCUT2D eigenvalue weighted by Gasteiger charge is 2.33. The monoisotopic (exact) mass is 335 g/mol. The van der Waals surface area contributed by atoms with Gasteiger partial charge in [0.25, 0.3) is 5.91 Å². The molecule has 0 bridgehead atoms. The summed E-state index contributed by atoms with van der Waals surface area (Å²) >= 11 is 0. The summed E-state index contributed by atoms with van der Waals surface area (Å²) in [6, 6.07) is 15.4. The zero-order valence-electron chi connectivity index (χ0n) is 15.1. The van der Waals surface area contributed by atoms with Crippen LogP contribution >= 0.6 is 0 Å². The first-order chi connectivity index (χ1) is 12.3. The molecule has 0 unspecified atom stereocenters. The summed E-state index contributed by atoms with van der Waals surface area (Å²) in [7, 11) is 0. The topological polar surface area (TPSA) is 20.3 Å². The Hall–Kier alpha value is -1.83. The standard InChI is InChI=1S/C23H29NO/c25-23(22-17-9-11-18-10-7-8-16-21(18)22)24(19-12-3-1-4-13-19)20-14-5-2-6-15-20/h7-11,16-17,19-20H,1-6,12-15H2. The van der Waals surface area contributed by atoms with Crippen LogP contribution in [0.3, 0.4) is 0 Å². The third-order valence-electron chi connectivity index (χ3n) is 6.19. The molecule has 0 N–H and O–H groups in total. The molecule has 1 amide bonds. The number of amides is 1. The van der Waals surface area contributed by atoms with Gasteiger partial charge in [-0.05, 0) is 42.5 Å². The highest BCUT2D eigenvalue weighted by molar-refractivity contribution is 6.07. The van der Waals surface area contributed by atoms with Crippen molar-refractivity contribution in [2.45, 2.75) is 76.3 Å². The Morgan fingerprint density at radius 2 is 1.28 bits per heavy atom. The number of rotatable bonds is 3. The van der Waals surface area contributed by atoms with E-state index in [2.05, 4.69) is 29.2 Å². The number of benzene rings is 2. The number of nitrogens with zero attached hydrogens (tertiary/aromatic N) is 1. The van der Waals surface area contributed by atoms with Crippen LogP contribution in [0.1, 0.15) is 74.6 Å². The van der Waals surface area contributed by atoms with Gasteiger partial charge in [0.2, 0.25) is 0 Å². The third kappa shape index (κ3) is 3.44. The lowest BCUT2D eigenvalue weighted by molar-refractivity contribution is 0.0450. The molecule has 132 valence electrons. The van der Waals surface area contributed by atoms with Crippen LogP contribution in [0, 0.1) is 0 Å². The molecule has 0 saturated heterocycles. The van der Waals surface area contributed by atoms with Crippen molar-refractivity contribution >= 4 is 16.7 Å². The molecule has 2 aliphatic carbocycles. The first-order valence-electron chi connectivity index (χ1n) is 10.1. The fraction of sp³-hybridized carbons (Fsp3) is 0.522. The van der Waals surface area contributed by atoms with E-state index < -0.39 is 0 Å². The van der Waals surface area contributed by atoms with Gasteiger partial charge in [-0.1, -0.05) is 74.9 Å². The van der Waals surface area contributed by atoms with Gasteiger partial charge < -0.3 is 4.90 Å². The van der Waals surface area contributed by atoms with Crippen LogP contribution in [0.4, 0.5) is 0 Å². The molecule has 2 aliphatic rings. The average molecular weight is 335 g/mol. The fourth-order valence-corrected chi connectivity index (χ4v) is 4.90. The van der Waals surface area contributed by atoms with E-state index in [1.807, 2.05) is 18.2 Å². The van der Waals surface area contributed by atoms with E-state index in [9.17, 15) is 4.79 Å². The number of fused-ring (bicyclic) bond motifs is 1. The molecule has 0 heterocycles. The number of hydrogen-bond acceptors (Lipinski definition) is 1.